The van der Waals surface area contributed by atoms with Gasteiger partial charge in [-0.15, -0.1) is 0 Å². The topological polar surface area (TPSA) is 94.4 Å². The highest BCUT2D eigenvalue weighted by atomic mass is 16.2. The van der Waals surface area contributed by atoms with Crippen LogP contribution in [0.1, 0.15) is 12.5 Å². The van der Waals surface area contributed by atoms with Gasteiger partial charge in [0.25, 0.3) is 11.8 Å². The third-order valence-corrected chi connectivity index (χ3v) is 4.82. The van der Waals surface area contributed by atoms with E-state index >= 15 is 0 Å². The number of carbonyl (C=O) groups is 3. The smallest absolute Gasteiger partial charge is 0.263 e. The number of hydrogen-bond acceptors (Lipinski definition) is 6. The van der Waals surface area contributed by atoms with E-state index in [1.165, 1.54) is 5.01 Å². The van der Waals surface area contributed by atoms with Gasteiger partial charge in [-0.25, -0.2) is 4.90 Å². The predicted octanol–water partition coefficient (Wildman–Crippen LogP) is 2.18. The second-order valence-electron chi connectivity index (χ2n) is 6.64. The Bertz CT molecular complexity index is 942. The maximum atomic E-state index is 12.9. The fourth-order valence-corrected chi connectivity index (χ4v) is 3.36. The summed E-state index contributed by atoms with van der Waals surface area (Å²) in [6, 6.07) is 14.5. The summed E-state index contributed by atoms with van der Waals surface area (Å²) in [6.45, 7) is 1.87. The van der Waals surface area contributed by atoms with Gasteiger partial charge in [0.2, 0.25) is 5.91 Å². The van der Waals surface area contributed by atoms with Crippen molar-refractivity contribution in [1.29, 1.82) is 0 Å². The van der Waals surface area contributed by atoms with Gasteiger partial charge in [0.1, 0.15) is 6.54 Å². The molecule has 2 atom stereocenters. The number of aryl methyl sites for hydroxylation is 1. The fourth-order valence-electron chi connectivity index (χ4n) is 3.36. The van der Waals surface area contributed by atoms with Crippen LogP contribution in [0.4, 0.5) is 11.4 Å². The maximum Gasteiger partial charge on any atom is 0.263 e. The number of nitrogens with zero attached hydrogens (tertiary/aromatic N) is 4. The summed E-state index contributed by atoms with van der Waals surface area (Å²) in [7, 11) is 0. The van der Waals surface area contributed by atoms with E-state index in [1.807, 2.05) is 37.3 Å². The lowest BCUT2D eigenvalue weighted by Crippen LogP contribution is -2.43. The number of para-hydroxylation sites is 1. The molecule has 3 amide bonds. The first-order chi connectivity index (χ1) is 13.6. The molecular formula is C20H19N5O3. The van der Waals surface area contributed by atoms with E-state index in [0.29, 0.717) is 11.4 Å². The third kappa shape index (κ3) is 3.13. The van der Waals surface area contributed by atoms with Crippen molar-refractivity contribution in [3.05, 3.63) is 60.2 Å². The quantitative estimate of drug-likeness (QED) is 0.808. The highest BCUT2D eigenvalue weighted by Crippen LogP contribution is 2.31. The van der Waals surface area contributed by atoms with Crippen LogP contribution in [-0.4, -0.2) is 41.4 Å². The van der Waals surface area contributed by atoms with Crippen LogP contribution in [0.15, 0.2) is 64.9 Å². The molecule has 28 heavy (non-hydrogen) atoms. The molecule has 2 aromatic rings. The molecule has 2 heterocycles. The number of fused-ring (bicyclic) bond motifs is 1. The first-order valence-corrected chi connectivity index (χ1v) is 9.07. The number of anilines is 2. The zero-order valence-electron chi connectivity index (χ0n) is 15.3. The van der Waals surface area contributed by atoms with Crippen LogP contribution in [-0.2, 0) is 20.8 Å². The van der Waals surface area contributed by atoms with Gasteiger partial charge in [0.15, 0.2) is 12.1 Å². The molecule has 142 valence electrons. The minimum absolute atomic E-state index is 0.165. The molecule has 1 fully saturated rings. The highest BCUT2D eigenvalue weighted by molar-refractivity contribution is 6.25. The lowest BCUT2D eigenvalue weighted by molar-refractivity contribution is -0.123. The molecular weight excluding hydrogens is 358 g/mol. The molecule has 0 spiro atoms. The van der Waals surface area contributed by atoms with Gasteiger partial charge in [-0.3, -0.25) is 19.4 Å². The van der Waals surface area contributed by atoms with Gasteiger partial charge in [-0.1, -0.05) is 42.5 Å². The van der Waals surface area contributed by atoms with Crippen molar-refractivity contribution < 1.29 is 14.4 Å². The maximum absolute atomic E-state index is 12.9. The number of hydrogen-bond donors (Lipinski definition) is 1. The van der Waals surface area contributed by atoms with Crippen molar-refractivity contribution in [3.8, 4) is 0 Å². The molecule has 0 aromatic heterocycles. The van der Waals surface area contributed by atoms with Gasteiger partial charge in [-0.05, 0) is 36.2 Å². The van der Waals surface area contributed by atoms with E-state index in [2.05, 4.69) is 15.7 Å². The van der Waals surface area contributed by atoms with Crippen LogP contribution in [0, 0.1) is 0 Å². The van der Waals surface area contributed by atoms with Crippen molar-refractivity contribution in [2.75, 3.05) is 16.8 Å². The number of imide groups is 1. The average Bonchev–Trinajstić information content (AvgIpc) is 3.22. The Hall–Kier alpha value is -3.55. The predicted molar refractivity (Wildman–Crippen MR) is 103 cm³/mol. The van der Waals surface area contributed by atoms with Gasteiger partial charge in [0, 0.05) is 5.69 Å². The van der Waals surface area contributed by atoms with Crippen molar-refractivity contribution in [2.45, 2.75) is 25.4 Å². The summed E-state index contributed by atoms with van der Waals surface area (Å²) >= 11 is 0. The first-order valence-electron chi connectivity index (χ1n) is 9.07. The van der Waals surface area contributed by atoms with E-state index in [-0.39, 0.29) is 12.5 Å². The number of rotatable bonds is 5. The van der Waals surface area contributed by atoms with E-state index in [1.54, 1.807) is 24.3 Å². The van der Waals surface area contributed by atoms with Gasteiger partial charge < -0.3 is 5.32 Å². The zero-order valence-corrected chi connectivity index (χ0v) is 15.3. The summed E-state index contributed by atoms with van der Waals surface area (Å²) < 4.78 is 0. The Morgan fingerprint density at radius 1 is 1.04 bits per heavy atom. The van der Waals surface area contributed by atoms with Crippen molar-refractivity contribution in [2.24, 2.45) is 10.3 Å². The molecule has 0 unspecified atom stereocenters. The summed E-state index contributed by atoms with van der Waals surface area (Å²) in [5.74, 6) is -1.18. The van der Waals surface area contributed by atoms with Crippen molar-refractivity contribution in [3.63, 3.8) is 0 Å². The molecule has 2 aliphatic rings. The molecule has 0 radical (unpaired) electrons. The normalized spacial score (nSPS) is 20.6. The Morgan fingerprint density at radius 2 is 1.75 bits per heavy atom. The van der Waals surface area contributed by atoms with E-state index in [4.69, 9.17) is 0 Å². The van der Waals surface area contributed by atoms with Gasteiger partial charge in [-0.2, -0.15) is 5.11 Å². The SMILES string of the molecule is CCc1ccc(N2C(=O)[C@@H]3[C@@H](N=NN3CC(=O)Nc3ccccc3)C2=O)cc1. The van der Waals surface area contributed by atoms with Crippen LogP contribution in [0.3, 0.4) is 0 Å². The summed E-state index contributed by atoms with van der Waals surface area (Å²) in [4.78, 5) is 39.0. The number of carbonyl (C=O) groups excluding carboxylic acids is 3. The number of amides is 3. The minimum atomic E-state index is -0.914. The van der Waals surface area contributed by atoms with Crippen molar-refractivity contribution >= 4 is 29.1 Å². The van der Waals surface area contributed by atoms with E-state index in [9.17, 15) is 14.4 Å². The summed E-state index contributed by atoms with van der Waals surface area (Å²) in [5.41, 5.74) is 2.26. The van der Waals surface area contributed by atoms with E-state index < -0.39 is 23.9 Å². The Balaban J connectivity index is 1.48. The van der Waals surface area contributed by atoms with E-state index in [0.717, 1.165) is 16.9 Å². The molecule has 4 rings (SSSR count). The molecule has 8 heteroatoms. The van der Waals surface area contributed by atoms with Crippen LogP contribution in [0.25, 0.3) is 0 Å². The zero-order chi connectivity index (χ0) is 19.7. The molecule has 2 aliphatic heterocycles. The van der Waals surface area contributed by atoms with Crippen LogP contribution in [0.5, 0.6) is 0 Å². The minimum Gasteiger partial charge on any atom is -0.324 e. The highest BCUT2D eigenvalue weighted by Gasteiger charge is 2.55. The second kappa shape index (κ2) is 7.22. The number of nitrogens with one attached hydrogen (secondary N) is 1. The van der Waals surface area contributed by atoms with Gasteiger partial charge >= 0.3 is 0 Å². The fraction of sp³-hybridized carbons (Fsp3) is 0.250. The molecule has 0 saturated carbocycles. The molecule has 0 bridgehead atoms. The summed E-state index contributed by atoms with van der Waals surface area (Å²) in [6.07, 6.45) is 0.867. The lowest BCUT2D eigenvalue weighted by atomic mass is 10.1. The third-order valence-electron chi connectivity index (χ3n) is 4.82. The monoisotopic (exact) mass is 377 g/mol. The van der Waals surface area contributed by atoms with Crippen LogP contribution >= 0.6 is 0 Å². The average molecular weight is 377 g/mol. The largest absolute Gasteiger partial charge is 0.324 e. The van der Waals surface area contributed by atoms with Crippen LogP contribution < -0.4 is 10.2 Å². The summed E-state index contributed by atoms with van der Waals surface area (Å²) in [5, 5.41) is 11.8. The molecule has 8 nitrogen and oxygen atoms in total. The molecule has 1 saturated heterocycles. The Kier molecular flexibility index (Phi) is 4.60. The second-order valence-corrected chi connectivity index (χ2v) is 6.64. The molecule has 1 N–H and O–H groups in total. The standard InChI is InChI=1S/C20H19N5O3/c1-2-13-8-10-15(11-9-13)25-19(27)17-18(20(25)28)24(23-22-17)12-16(26)21-14-6-4-3-5-7-14/h3-11,17-18H,2,12H2,1H3,(H,21,26)/t17-,18+/m1/s1. The molecule has 0 aliphatic carbocycles. The number of benzene rings is 2. The Morgan fingerprint density at radius 3 is 2.43 bits per heavy atom. The van der Waals surface area contributed by atoms with Crippen molar-refractivity contribution in [1.82, 2.24) is 5.01 Å². The molecule has 2 aromatic carbocycles. The lowest BCUT2D eigenvalue weighted by Gasteiger charge is -2.20. The first kappa shape index (κ1) is 17.8. The van der Waals surface area contributed by atoms with Gasteiger partial charge in [0.05, 0.1) is 5.69 Å². The van der Waals surface area contributed by atoms with Crippen LogP contribution in [0.2, 0.25) is 0 Å². The Labute approximate surface area is 161 Å².